The zero-order valence-electron chi connectivity index (χ0n) is 14.3. The molecule has 0 saturated carbocycles. The maximum Gasteiger partial charge on any atom is 0.254 e. The number of aryl methyl sites for hydroxylation is 2. The molecule has 3 heterocycles. The SMILES string of the molecule is Cc1cc(C(=O)NCC2(N3CCCCC3)CCOCC2)c(C)o1. The van der Waals surface area contributed by atoms with Gasteiger partial charge in [-0.2, -0.15) is 0 Å². The van der Waals surface area contributed by atoms with E-state index in [1.807, 2.05) is 19.9 Å². The summed E-state index contributed by atoms with van der Waals surface area (Å²) in [6, 6.07) is 1.82. The van der Waals surface area contributed by atoms with Crippen LogP contribution in [0, 0.1) is 13.8 Å². The van der Waals surface area contributed by atoms with Gasteiger partial charge in [0.25, 0.3) is 5.91 Å². The Balaban J connectivity index is 1.68. The van der Waals surface area contributed by atoms with E-state index < -0.39 is 0 Å². The summed E-state index contributed by atoms with van der Waals surface area (Å²) in [5, 5.41) is 3.16. The molecular weight excluding hydrogens is 292 g/mol. The molecule has 1 N–H and O–H groups in total. The van der Waals surface area contributed by atoms with Gasteiger partial charge in [0.05, 0.1) is 5.56 Å². The highest BCUT2D eigenvalue weighted by Crippen LogP contribution is 2.30. The van der Waals surface area contributed by atoms with Crippen LogP contribution in [-0.4, -0.2) is 49.2 Å². The number of hydrogen-bond donors (Lipinski definition) is 1. The lowest BCUT2D eigenvalue weighted by molar-refractivity contribution is -0.0349. The van der Waals surface area contributed by atoms with E-state index in [9.17, 15) is 4.79 Å². The molecule has 0 bridgehead atoms. The number of ether oxygens (including phenoxy) is 1. The standard InChI is InChI=1S/C18H28N2O3/c1-14-12-16(15(2)23-14)17(21)19-13-18(6-10-22-11-7-18)20-8-4-3-5-9-20/h12H,3-11,13H2,1-2H3,(H,19,21). The van der Waals surface area contributed by atoms with E-state index in [4.69, 9.17) is 9.15 Å². The van der Waals surface area contributed by atoms with Crippen molar-refractivity contribution in [3.63, 3.8) is 0 Å². The van der Waals surface area contributed by atoms with E-state index in [2.05, 4.69) is 10.2 Å². The lowest BCUT2D eigenvalue weighted by atomic mass is 9.86. The van der Waals surface area contributed by atoms with Crippen LogP contribution in [0.3, 0.4) is 0 Å². The largest absolute Gasteiger partial charge is 0.466 e. The molecule has 3 rings (SSSR count). The Morgan fingerprint density at radius 2 is 1.91 bits per heavy atom. The van der Waals surface area contributed by atoms with Crippen LogP contribution in [0.25, 0.3) is 0 Å². The summed E-state index contributed by atoms with van der Waals surface area (Å²) in [6.07, 6.45) is 5.84. The first-order valence-corrected chi connectivity index (χ1v) is 8.79. The van der Waals surface area contributed by atoms with Crippen molar-refractivity contribution in [3.05, 3.63) is 23.2 Å². The van der Waals surface area contributed by atoms with Crippen molar-refractivity contribution in [2.45, 2.75) is 51.5 Å². The molecule has 0 radical (unpaired) electrons. The van der Waals surface area contributed by atoms with Gasteiger partial charge in [-0.1, -0.05) is 6.42 Å². The van der Waals surface area contributed by atoms with E-state index in [1.54, 1.807) is 0 Å². The maximum absolute atomic E-state index is 12.5. The van der Waals surface area contributed by atoms with Gasteiger partial charge >= 0.3 is 0 Å². The molecule has 2 aliphatic heterocycles. The second kappa shape index (κ2) is 7.05. The number of carbonyl (C=O) groups is 1. The van der Waals surface area contributed by atoms with Gasteiger partial charge < -0.3 is 14.5 Å². The van der Waals surface area contributed by atoms with Crippen molar-refractivity contribution < 1.29 is 13.9 Å². The van der Waals surface area contributed by atoms with Gasteiger partial charge in [-0.25, -0.2) is 0 Å². The fourth-order valence-corrected chi connectivity index (χ4v) is 3.92. The van der Waals surface area contributed by atoms with Gasteiger partial charge in [-0.3, -0.25) is 9.69 Å². The number of nitrogens with zero attached hydrogens (tertiary/aromatic N) is 1. The minimum absolute atomic E-state index is 0.0257. The van der Waals surface area contributed by atoms with E-state index in [1.165, 1.54) is 19.3 Å². The number of carbonyl (C=O) groups excluding carboxylic acids is 1. The first-order chi connectivity index (χ1) is 11.1. The zero-order valence-corrected chi connectivity index (χ0v) is 14.3. The van der Waals surface area contributed by atoms with Gasteiger partial charge in [0.1, 0.15) is 11.5 Å². The molecule has 2 aliphatic rings. The average Bonchev–Trinajstić information content (AvgIpc) is 2.93. The molecule has 0 atom stereocenters. The number of hydrogen-bond acceptors (Lipinski definition) is 4. The topological polar surface area (TPSA) is 54.7 Å². The van der Waals surface area contributed by atoms with E-state index in [-0.39, 0.29) is 11.4 Å². The summed E-state index contributed by atoms with van der Waals surface area (Å²) < 4.78 is 11.1. The predicted octanol–water partition coefficient (Wildman–Crippen LogP) is 2.66. The molecule has 2 fully saturated rings. The molecule has 1 amide bonds. The van der Waals surface area contributed by atoms with Gasteiger partial charge in [0.2, 0.25) is 0 Å². The van der Waals surface area contributed by atoms with Crippen molar-refractivity contribution in [3.8, 4) is 0 Å². The highest BCUT2D eigenvalue weighted by Gasteiger charge is 2.39. The first-order valence-electron chi connectivity index (χ1n) is 8.79. The molecule has 128 valence electrons. The van der Waals surface area contributed by atoms with Crippen molar-refractivity contribution in [1.82, 2.24) is 10.2 Å². The molecule has 23 heavy (non-hydrogen) atoms. The molecule has 5 heteroatoms. The normalized spacial score (nSPS) is 22.0. The Bertz CT molecular complexity index is 540. The quantitative estimate of drug-likeness (QED) is 0.927. The average molecular weight is 320 g/mol. The molecule has 2 saturated heterocycles. The summed E-state index contributed by atoms with van der Waals surface area (Å²) in [4.78, 5) is 15.1. The van der Waals surface area contributed by atoms with Crippen LogP contribution >= 0.6 is 0 Å². The van der Waals surface area contributed by atoms with Crippen LogP contribution in [0.2, 0.25) is 0 Å². The summed E-state index contributed by atoms with van der Waals surface area (Å²) in [7, 11) is 0. The van der Waals surface area contributed by atoms with Gasteiger partial charge in [0.15, 0.2) is 0 Å². The third-order valence-electron chi connectivity index (χ3n) is 5.31. The van der Waals surface area contributed by atoms with Gasteiger partial charge in [-0.05, 0) is 58.7 Å². The number of nitrogens with one attached hydrogen (secondary N) is 1. The molecule has 5 nitrogen and oxygen atoms in total. The molecule has 0 aromatic carbocycles. The van der Waals surface area contributed by atoms with E-state index in [0.29, 0.717) is 17.9 Å². The first kappa shape index (κ1) is 16.5. The van der Waals surface area contributed by atoms with Gasteiger partial charge in [-0.15, -0.1) is 0 Å². The zero-order chi connectivity index (χ0) is 16.3. The van der Waals surface area contributed by atoms with Crippen LogP contribution < -0.4 is 5.32 Å². The molecule has 0 unspecified atom stereocenters. The fourth-order valence-electron chi connectivity index (χ4n) is 3.92. The number of rotatable bonds is 4. The molecule has 1 aromatic rings. The van der Waals surface area contributed by atoms with Gasteiger partial charge in [0, 0.05) is 25.3 Å². The Kier molecular flexibility index (Phi) is 5.07. The molecule has 0 spiro atoms. The van der Waals surface area contributed by atoms with Crippen LogP contribution in [0.15, 0.2) is 10.5 Å². The van der Waals surface area contributed by atoms with Crippen LogP contribution in [0.4, 0.5) is 0 Å². The Hall–Kier alpha value is -1.33. The highest BCUT2D eigenvalue weighted by molar-refractivity contribution is 5.95. The van der Waals surface area contributed by atoms with Crippen molar-refractivity contribution in [1.29, 1.82) is 0 Å². The van der Waals surface area contributed by atoms with Crippen molar-refractivity contribution in [2.24, 2.45) is 0 Å². The Labute approximate surface area is 138 Å². The summed E-state index contributed by atoms with van der Waals surface area (Å²) in [5.74, 6) is 1.45. The summed E-state index contributed by atoms with van der Waals surface area (Å²) >= 11 is 0. The number of likely N-dealkylation sites (tertiary alicyclic amines) is 1. The second-order valence-electron chi connectivity index (χ2n) is 6.89. The monoisotopic (exact) mass is 320 g/mol. The third-order valence-corrected chi connectivity index (χ3v) is 5.31. The number of piperidine rings is 1. The Morgan fingerprint density at radius 1 is 1.22 bits per heavy atom. The number of furan rings is 1. The predicted molar refractivity (Wildman–Crippen MR) is 88.7 cm³/mol. The van der Waals surface area contributed by atoms with E-state index >= 15 is 0 Å². The van der Waals surface area contributed by atoms with Crippen LogP contribution in [0.1, 0.15) is 54.0 Å². The van der Waals surface area contributed by atoms with Crippen molar-refractivity contribution >= 4 is 5.91 Å². The second-order valence-corrected chi connectivity index (χ2v) is 6.89. The highest BCUT2D eigenvalue weighted by atomic mass is 16.5. The maximum atomic E-state index is 12.5. The molecule has 1 aromatic heterocycles. The summed E-state index contributed by atoms with van der Waals surface area (Å²) in [5.41, 5.74) is 0.712. The van der Waals surface area contributed by atoms with Crippen LogP contribution in [-0.2, 0) is 4.74 Å². The minimum Gasteiger partial charge on any atom is -0.466 e. The third kappa shape index (κ3) is 3.61. The Morgan fingerprint density at radius 3 is 2.52 bits per heavy atom. The van der Waals surface area contributed by atoms with Crippen LogP contribution in [0.5, 0.6) is 0 Å². The lowest BCUT2D eigenvalue weighted by Crippen LogP contribution is -2.59. The number of amides is 1. The molecule has 0 aliphatic carbocycles. The van der Waals surface area contributed by atoms with Crippen molar-refractivity contribution in [2.75, 3.05) is 32.8 Å². The smallest absolute Gasteiger partial charge is 0.254 e. The minimum atomic E-state index is -0.0257. The summed E-state index contributed by atoms with van der Waals surface area (Å²) in [6.45, 7) is 8.26. The molecular formula is C18H28N2O3. The lowest BCUT2D eigenvalue weighted by Gasteiger charge is -2.48. The van der Waals surface area contributed by atoms with E-state index in [0.717, 1.165) is 44.9 Å². The fraction of sp³-hybridized carbons (Fsp3) is 0.722.